The van der Waals surface area contributed by atoms with E-state index in [1.54, 1.807) is 0 Å². The standard InChI is InChI=1S/C24H33F3N2O2/c1-15-12-19(15)24(30)28-17-4-2-16(3-5-17)6-9-29-10-7-18(8-11-29)31-23-14-21(26)20(25)13-22(23)27/h13-19H,2-12H2,1H3,(H,28,30)/t15?,16-,17-,19?. The highest BCUT2D eigenvalue weighted by atomic mass is 19.2. The normalized spacial score (nSPS) is 29.5. The molecule has 0 aromatic heterocycles. The summed E-state index contributed by atoms with van der Waals surface area (Å²) in [4.78, 5) is 14.5. The molecule has 1 heterocycles. The van der Waals surface area contributed by atoms with Gasteiger partial charge in [-0.25, -0.2) is 13.2 Å². The number of carbonyl (C=O) groups excluding carboxylic acids is 1. The first kappa shape index (κ1) is 22.4. The molecule has 1 aromatic rings. The Kier molecular flexibility index (Phi) is 7.09. The predicted octanol–water partition coefficient (Wildman–Crippen LogP) is 4.67. The molecule has 3 fully saturated rings. The molecule has 1 amide bonds. The van der Waals surface area contributed by atoms with E-state index in [0.29, 0.717) is 23.9 Å². The van der Waals surface area contributed by atoms with Crippen LogP contribution in [-0.2, 0) is 4.79 Å². The molecule has 3 aliphatic rings. The molecule has 31 heavy (non-hydrogen) atoms. The number of nitrogens with zero attached hydrogens (tertiary/aromatic N) is 1. The number of carbonyl (C=O) groups is 1. The van der Waals surface area contributed by atoms with Crippen LogP contribution >= 0.6 is 0 Å². The number of hydrogen-bond donors (Lipinski definition) is 1. The van der Waals surface area contributed by atoms with E-state index in [9.17, 15) is 18.0 Å². The van der Waals surface area contributed by atoms with Crippen LogP contribution in [0.1, 0.15) is 58.3 Å². The Morgan fingerprint density at radius 1 is 1.03 bits per heavy atom. The van der Waals surface area contributed by atoms with E-state index < -0.39 is 17.5 Å². The molecule has 0 bridgehead atoms. The van der Waals surface area contributed by atoms with Crippen molar-refractivity contribution in [1.29, 1.82) is 0 Å². The molecule has 4 rings (SSSR count). The molecule has 4 nitrogen and oxygen atoms in total. The first-order chi connectivity index (χ1) is 14.9. The fourth-order valence-electron chi connectivity index (χ4n) is 4.98. The maximum Gasteiger partial charge on any atom is 0.223 e. The van der Waals surface area contributed by atoms with Gasteiger partial charge in [-0.3, -0.25) is 4.79 Å². The van der Waals surface area contributed by atoms with Crippen LogP contribution in [-0.4, -0.2) is 42.6 Å². The van der Waals surface area contributed by atoms with Gasteiger partial charge in [0.1, 0.15) is 6.10 Å². The summed E-state index contributed by atoms with van der Waals surface area (Å²) in [5.74, 6) is -1.59. The fraction of sp³-hybridized carbons (Fsp3) is 0.708. The lowest BCUT2D eigenvalue weighted by Gasteiger charge is -2.34. The van der Waals surface area contributed by atoms with Crippen molar-refractivity contribution in [3.05, 3.63) is 29.6 Å². The summed E-state index contributed by atoms with van der Waals surface area (Å²) >= 11 is 0. The lowest BCUT2D eigenvalue weighted by molar-refractivity contribution is -0.123. The van der Waals surface area contributed by atoms with Crippen LogP contribution < -0.4 is 10.1 Å². The first-order valence-electron chi connectivity index (χ1n) is 11.7. The number of halogens is 3. The predicted molar refractivity (Wildman–Crippen MR) is 112 cm³/mol. The Morgan fingerprint density at radius 2 is 1.68 bits per heavy atom. The van der Waals surface area contributed by atoms with Crippen LogP contribution in [0.5, 0.6) is 5.75 Å². The van der Waals surface area contributed by atoms with Crippen LogP contribution in [0.15, 0.2) is 12.1 Å². The van der Waals surface area contributed by atoms with E-state index in [1.165, 1.54) is 12.8 Å². The van der Waals surface area contributed by atoms with Crippen LogP contribution in [0.4, 0.5) is 13.2 Å². The zero-order valence-electron chi connectivity index (χ0n) is 18.2. The third-order valence-corrected chi connectivity index (χ3v) is 7.30. The lowest BCUT2D eigenvalue weighted by Crippen LogP contribution is -2.40. The lowest BCUT2D eigenvalue weighted by atomic mass is 9.84. The van der Waals surface area contributed by atoms with Gasteiger partial charge in [0.2, 0.25) is 5.91 Å². The smallest absolute Gasteiger partial charge is 0.223 e. The van der Waals surface area contributed by atoms with Gasteiger partial charge in [0.05, 0.1) is 0 Å². The molecule has 2 unspecified atom stereocenters. The molecule has 7 heteroatoms. The van der Waals surface area contributed by atoms with E-state index in [2.05, 4.69) is 17.1 Å². The molecule has 2 aliphatic carbocycles. The summed E-state index contributed by atoms with van der Waals surface area (Å²) in [5, 5.41) is 3.24. The second-order valence-corrected chi connectivity index (χ2v) is 9.69. The minimum Gasteiger partial charge on any atom is -0.487 e. The first-order valence-corrected chi connectivity index (χ1v) is 11.7. The van der Waals surface area contributed by atoms with Gasteiger partial charge in [-0.15, -0.1) is 0 Å². The summed E-state index contributed by atoms with van der Waals surface area (Å²) in [6.07, 6.45) is 8.00. The number of ether oxygens (including phenoxy) is 1. The van der Waals surface area contributed by atoms with Gasteiger partial charge >= 0.3 is 0 Å². The second-order valence-electron chi connectivity index (χ2n) is 9.69. The molecule has 2 atom stereocenters. The number of rotatable bonds is 7. The number of benzene rings is 1. The number of hydrogen-bond acceptors (Lipinski definition) is 3. The Morgan fingerprint density at radius 3 is 2.32 bits per heavy atom. The third-order valence-electron chi connectivity index (χ3n) is 7.30. The van der Waals surface area contributed by atoms with Gasteiger partial charge in [0.25, 0.3) is 0 Å². The summed E-state index contributed by atoms with van der Waals surface area (Å²) in [5.41, 5.74) is 0. The molecular weight excluding hydrogens is 405 g/mol. The number of piperidine rings is 1. The summed E-state index contributed by atoms with van der Waals surface area (Å²) in [6.45, 7) is 4.90. The highest BCUT2D eigenvalue weighted by Gasteiger charge is 2.40. The van der Waals surface area contributed by atoms with Gasteiger partial charge in [-0.2, -0.15) is 0 Å². The van der Waals surface area contributed by atoms with Crippen LogP contribution in [0.3, 0.4) is 0 Å². The van der Waals surface area contributed by atoms with E-state index >= 15 is 0 Å². The van der Waals surface area contributed by atoms with Crippen LogP contribution in [0, 0.1) is 35.2 Å². The molecule has 0 radical (unpaired) electrons. The minimum absolute atomic E-state index is 0.177. The molecule has 1 aliphatic heterocycles. The fourth-order valence-corrected chi connectivity index (χ4v) is 4.98. The van der Waals surface area contributed by atoms with Crippen molar-refractivity contribution in [2.45, 2.75) is 70.4 Å². The SMILES string of the molecule is CC1CC1C(=O)N[C@H]1CC[C@H](CCN2CCC(Oc3cc(F)c(F)cc3F)CC2)CC1. The maximum atomic E-state index is 13.8. The molecular formula is C24H33F3N2O2. The van der Waals surface area contributed by atoms with Gasteiger partial charge in [0.15, 0.2) is 23.2 Å². The Bertz CT molecular complexity index is 774. The number of likely N-dealkylation sites (tertiary alicyclic amines) is 1. The van der Waals surface area contributed by atoms with Gasteiger partial charge in [0, 0.05) is 37.2 Å². The van der Waals surface area contributed by atoms with Crippen molar-refractivity contribution in [2.24, 2.45) is 17.8 Å². The molecule has 172 valence electrons. The van der Waals surface area contributed by atoms with Gasteiger partial charge in [-0.05, 0) is 69.7 Å². The van der Waals surface area contributed by atoms with Crippen molar-refractivity contribution in [2.75, 3.05) is 19.6 Å². The number of nitrogens with one attached hydrogen (secondary N) is 1. The minimum atomic E-state index is -1.20. The highest BCUT2D eigenvalue weighted by molar-refractivity contribution is 5.81. The second kappa shape index (κ2) is 9.80. The zero-order valence-corrected chi connectivity index (χ0v) is 18.2. The molecule has 1 N–H and O–H groups in total. The number of amides is 1. The quantitative estimate of drug-likeness (QED) is 0.629. The third kappa shape index (κ3) is 5.93. The summed E-state index contributed by atoms with van der Waals surface area (Å²) in [6, 6.07) is 1.68. The van der Waals surface area contributed by atoms with Crippen LogP contribution in [0.25, 0.3) is 0 Å². The van der Waals surface area contributed by atoms with Crippen molar-refractivity contribution >= 4 is 5.91 Å². The average molecular weight is 439 g/mol. The molecule has 0 spiro atoms. The highest BCUT2D eigenvalue weighted by Crippen LogP contribution is 2.38. The van der Waals surface area contributed by atoms with Crippen molar-refractivity contribution in [3.8, 4) is 5.75 Å². The topological polar surface area (TPSA) is 41.6 Å². The van der Waals surface area contributed by atoms with Crippen molar-refractivity contribution in [1.82, 2.24) is 10.2 Å². The Balaban J connectivity index is 1.12. The molecule has 2 saturated carbocycles. The van der Waals surface area contributed by atoms with E-state index in [-0.39, 0.29) is 23.7 Å². The summed E-state index contributed by atoms with van der Waals surface area (Å²) < 4.78 is 45.8. The van der Waals surface area contributed by atoms with E-state index in [1.807, 2.05) is 0 Å². The van der Waals surface area contributed by atoms with Crippen LogP contribution in [0.2, 0.25) is 0 Å². The summed E-state index contributed by atoms with van der Waals surface area (Å²) in [7, 11) is 0. The molecule has 1 saturated heterocycles. The van der Waals surface area contributed by atoms with Gasteiger partial charge < -0.3 is 15.0 Å². The zero-order chi connectivity index (χ0) is 22.0. The Labute approximate surface area is 182 Å². The Hall–Kier alpha value is -1.76. The average Bonchev–Trinajstić information content (AvgIpc) is 3.49. The van der Waals surface area contributed by atoms with Gasteiger partial charge in [-0.1, -0.05) is 6.92 Å². The van der Waals surface area contributed by atoms with Crippen molar-refractivity contribution < 1.29 is 22.7 Å². The molecule has 1 aromatic carbocycles. The van der Waals surface area contributed by atoms with E-state index in [4.69, 9.17) is 4.74 Å². The monoisotopic (exact) mass is 438 g/mol. The largest absolute Gasteiger partial charge is 0.487 e. The van der Waals surface area contributed by atoms with Crippen molar-refractivity contribution in [3.63, 3.8) is 0 Å². The maximum absolute atomic E-state index is 13.8. The van der Waals surface area contributed by atoms with E-state index in [0.717, 1.165) is 64.2 Å².